The molecule has 1 saturated heterocycles. The van der Waals surface area contributed by atoms with E-state index in [1.807, 2.05) is 18.2 Å². The number of benzene rings is 1. The van der Waals surface area contributed by atoms with Crippen molar-refractivity contribution >= 4 is 0 Å². The van der Waals surface area contributed by atoms with E-state index in [0.717, 1.165) is 48.9 Å². The van der Waals surface area contributed by atoms with E-state index in [1.165, 1.54) is 30.5 Å². The third-order valence-electron chi connectivity index (χ3n) is 6.46. The summed E-state index contributed by atoms with van der Waals surface area (Å²) >= 11 is 0. The van der Waals surface area contributed by atoms with Gasteiger partial charge in [0.1, 0.15) is 5.76 Å². The second-order valence-corrected chi connectivity index (χ2v) is 8.90. The van der Waals surface area contributed by atoms with E-state index < -0.39 is 0 Å². The van der Waals surface area contributed by atoms with Crippen molar-refractivity contribution < 1.29 is 4.52 Å². The number of hydrogen-bond acceptors (Lipinski definition) is 5. The molecule has 29 heavy (non-hydrogen) atoms. The minimum Gasteiger partial charge on any atom is -0.361 e. The lowest BCUT2D eigenvalue weighted by Crippen LogP contribution is -2.45. The summed E-state index contributed by atoms with van der Waals surface area (Å²) in [4.78, 5) is 12.3. The molecule has 3 aromatic rings. The maximum absolute atomic E-state index is 5.51. The number of hydrogen-bond donors (Lipinski definition) is 0. The molecule has 3 heterocycles. The van der Waals surface area contributed by atoms with Crippen molar-refractivity contribution in [2.45, 2.75) is 57.4 Å². The van der Waals surface area contributed by atoms with Gasteiger partial charge in [0, 0.05) is 42.2 Å². The van der Waals surface area contributed by atoms with Gasteiger partial charge in [-0.25, -0.2) is 9.97 Å². The maximum atomic E-state index is 5.51. The van der Waals surface area contributed by atoms with Crippen LogP contribution in [0.1, 0.15) is 61.7 Å². The molecule has 0 saturated carbocycles. The molecule has 2 aliphatic rings. The highest BCUT2D eigenvalue weighted by Crippen LogP contribution is 2.44. The fourth-order valence-corrected chi connectivity index (χ4v) is 4.93. The van der Waals surface area contributed by atoms with Gasteiger partial charge in [0.2, 0.25) is 0 Å². The Kier molecular flexibility index (Phi) is 4.70. The normalized spacial score (nSPS) is 21.8. The van der Waals surface area contributed by atoms with E-state index in [-0.39, 0.29) is 5.41 Å². The fraction of sp³-hybridized carbons (Fsp3) is 0.458. The first-order valence-corrected chi connectivity index (χ1v) is 10.7. The topological polar surface area (TPSA) is 55.1 Å². The summed E-state index contributed by atoms with van der Waals surface area (Å²) in [6.45, 7) is 7.27. The van der Waals surface area contributed by atoms with Crippen LogP contribution in [0.15, 0.2) is 47.1 Å². The summed E-state index contributed by atoms with van der Waals surface area (Å²) in [5.74, 6) is 2.19. The molecule has 0 N–H and O–H groups in total. The van der Waals surface area contributed by atoms with E-state index >= 15 is 0 Å². The van der Waals surface area contributed by atoms with Crippen LogP contribution in [0.25, 0.3) is 11.4 Å². The zero-order valence-electron chi connectivity index (χ0n) is 17.3. The number of piperidine rings is 1. The van der Waals surface area contributed by atoms with Crippen LogP contribution in [-0.2, 0) is 18.4 Å². The standard InChI is InChI=1S/C24H28N4O/c1-17(2)21-13-20(27-29-21)15-28-12-6-10-24(16-28)11-9-19-14-25-23(26-22(19)24)18-7-4-3-5-8-18/h3-5,7-8,13-14,17H,6,9-12,15-16H2,1-2H3. The van der Waals surface area contributed by atoms with Gasteiger partial charge >= 0.3 is 0 Å². The van der Waals surface area contributed by atoms with Crippen molar-refractivity contribution in [2.24, 2.45) is 0 Å². The SMILES string of the molecule is CC(C)c1cc(CN2CCCC3(CCc4cnc(-c5ccccc5)nc43)C2)no1. The van der Waals surface area contributed by atoms with Crippen molar-refractivity contribution in [3.63, 3.8) is 0 Å². The van der Waals surface area contributed by atoms with Gasteiger partial charge in [-0.05, 0) is 37.8 Å². The Morgan fingerprint density at radius 2 is 2.03 bits per heavy atom. The summed E-state index contributed by atoms with van der Waals surface area (Å²) < 4.78 is 5.51. The maximum Gasteiger partial charge on any atom is 0.159 e. The second-order valence-electron chi connectivity index (χ2n) is 8.90. The van der Waals surface area contributed by atoms with Gasteiger partial charge in [0.05, 0.1) is 11.4 Å². The van der Waals surface area contributed by atoms with Crippen LogP contribution < -0.4 is 0 Å². The molecule has 0 bridgehead atoms. The molecule has 5 heteroatoms. The molecule has 1 atom stereocenters. The predicted octanol–water partition coefficient (Wildman–Crippen LogP) is 4.74. The van der Waals surface area contributed by atoms with E-state index in [2.05, 4.69) is 53.3 Å². The monoisotopic (exact) mass is 388 g/mol. The predicted molar refractivity (Wildman–Crippen MR) is 113 cm³/mol. The van der Waals surface area contributed by atoms with Gasteiger partial charge in [-0.2, -0.15) is 0 Å². The van der Waals surface area contributed by atoms with Crippen LogP contribution in [0, 0.1) is 0 Å². The van der Waals surface area contributed by atoms with Crippen LogP contribution in [-0.4, -0.2) is 33.1 Å². The third-order valence-corrected chi connectivity index (χ3v) is 6.46. The van der Waals surface area contributed by atoms with Crippen LogP contribution in [0.5, 0.6) is 0 Å². The molecule has 1 aliphatic carbocycles. The number of aryl methyl sites for hydroxylation is 1. The van der Waals surface area contributed by atoms with Crippen LogP contribution in [0.2, 0.25) is 0 Å². The Hall–Kier alpha value is -2.53. The van der Waals surface area contributed by atoms with Gasteiger partial charge in [-0.1, -0.05) is 49.3 Å². The molecule has 1 unspecified atom stereocenters. The van der Waals surface area contributed by atoms with E-state index in [1.54, 1.807) is 0 Å². The molecule has 150 valence electrons. The van der Waals surface area contributed by atoms with Crippen molar-refractivity contribution in [1.29, 1.82) is 0 Å². The minimum absolute atomic E-state index is 0.144. The Bertz CT molecular complexity index is 993. The lowest BCUT2D eigenvalue weighted by Gasteiger charge is -2.40. The summed E-state index contributed by atoms with van der Waals surface area (Å²) in [5, 5.41) is 4.30. The zero-order valence-corrected chi connectivity index (χ0v) is 17.3. The molecule has 0 radical (unpaired) electrons. The summed E-state index contributed by atoms with van der Waals surface area (Å²) in [6, 6.07) is 12.4. The summed E-state index contributed by atoms with van der Waals surface area (Å²) in [7, 11) is 0. The summed E-state index contributed by atoms with van der Waals surface area (Å²) in [5.41, 5.74) is 4.88. The minimum atomic E-state index is 0.144. The number of aromatic nitrogens is 3. The molecule has 1 spiro atoms. The molecule has 5 rings (SSSR count). The van der Waals surface area contributed by atoms with E-state index in [4.69, 9.17) is 9.51 Å². The molecular formula is C24H28N4O. The lowest BCUT2D eigenvalue weighted by atomic mass is 9.77. The third kappa shape index (κ3) is 3.48. The van der Waals surface area contributed by atoms with Crippen LogP contribution >= 0.6 is 0 Å². The number of rotatable bonds is 4. The number of fused-ring (bicyclic) bond motifs is 2. The first kappa shape index (κ1) is 18.5. The van der Waals surface area contributed by atoms with Gasteiger partial charge in [0.15, 0.2) is 5.82 Å². The highest BCUT2D eigenvalue weighted by atomic mass is 16.5. The molecule has 1 aromatic carbocycles. The van der Waals surface area contributed by atoms with Crippen molar-refractivity contribution in [3.8, 4) is 11.4 Å². The van der Waals surface area contributed by atoms with Crippen molar-refractivity contribution in [1.82, 2.24) is 20.0 Å². The highest BCUT2D eigenvalue weighted by molar-refractivity contribution is 5.55. The van der Waals surface area contributed by atoms with E-state index in [9.17, 15) is 0 Å². The summed E-state index contributed by atoms with van der Waals surface area (Å²) in [6.07, 6.45) is 6.71. The molecule has 5 nitrogen and oxygen atoms in total. The number of likely N-dealkylation sites (tertiary alicyclic amines) is 1. The average molecular weight is 389 g/mol. The molecular weight excluding hydrogens is 360 g/mol. The largest absolute Gasteiger partial charge is 0.361 e. The Labute approximate surface area is 172 Å². The molecule has 2 aromatic heterocycles. The zero-order chi connectivity index (χ0) is 19.8. The molecule has 1 fully saturated rings. The van der Waals surface area contributed by atoms with Gasteiger partial charge in [-0.15, -0.1) is 0 Å². The first-order chi connectivity index (χ1) is 14.1. The van der Waals surface area contributed by atoms with Gasteiger partial charge in [0.25, 0.3) is 0 Å². The first-order valence-electron chi connectivity index (χ1n) is 10.7. The quantitative estimate of drug-likeness (QED) is 0.646. The Morgan fingerprint density at radius 1 is 1.17 bits per heavy atom. The van der Waals surface area contributed by atoms with E-state index in [0.29, 0.717) is 5.92 Å². The second kappa shape index (κ2) is 7.38. The highest BCUT2D eigenvalue weighted by Gasteiger charge is 2.43. The van der Waals surface area contributed by atoms with Crippen LogP contribution in [0.3, 0.4) is 0 Å². The van der Waals surface area contributed by atoms with Gasteiger partial charge in [-0.3, -0.25) is 4.90 Å². The average Bonchev–Trinajstić information content (AvgIpc) is 3.34. The lowest BCUT2D eigenvalue weighted by molar-refractivity contribution is 0.134. The molecule has 1 aliphatic heterocycles. The smallest absolute Gasteiger partial charge is 0.159 e. The Morgan fingerprint density at radius 3 is 2.83 bits per heavy atom. The Balaban J connectivity index is 1.40. The number of nitrogens with zero attached hydrogens (tertiary/aromatic N) is 4. The molecule has 0 amide bonds. The van der Waals surface area contributed by atoms with Crippen molar-refractivity contribution in [2.75, 3.05) is 13.1 Å². The van der Waals surface area contributed by atoms with Crippen molar-refractivity contribution in [3.05, 3.63) is 65.3 Å². The van der Waals surface area contributed by atoms with Crippen LogP contribution in [0.4, 0.5) is 0 Å². The van der Waals surface area contributed by atoms with Gasteiger partial charge < -0.3 is 4.52 Å². The fourth-order valence-electron chi connectivity index (χ4n) is 4.93.